The summed E-state index contributed by atoms with van der Waals surface area (Å²) in [5, 5.41) is 0.692. The molecule has 0 fully saturated rings. The van der Waals surface area contributed by atoms with E-state index in [2.05, 4.69) is 12.1 Å². The first kappa shape index (κ1) is 14.9. The second-order valence-corrected chi connectivity index (χ2v) is 6.35. The van der Waals surface area contributed by atoms with Crippen LogP contribution in [0.2, 0.25) is 5.02 Å². The van der Waals surface area contributed by atoms with Gasteiger partial charge in [0.1, 0.15) is 0 Å². The fraction of sp³-hybridized carbons (Fsp3) is 0.0455. The molecule has 0 radical (unpaired) electrons. The maximum absolute atomic E-state index is 13.0. The molecule has 0 unspecified atom stereocenters. The Morgan fingerprint density at radius 1 is 0.792 bits per heavy atom. The average Bonchev–Trinajstić information content (AvgIpc) is 2.90. The molecule has 1 aliphatic rings. The van der Waals surface area contributed by atoms with Crippen molar-refractivity contribution < 1.29 is 4.79 Å². The van der Waals surface area contributed by atoms with Crippen LogP contribution in [-0.2, 0) is 0 Å². The number of carbonyl (C=O) groups excluding carboxylic acids is 1. The van der Waals surface area contributed by atoms with Gasteiger partial charge in [0.2, 0.25) is 0 Å². The predicted octanol–water partition coefficient (Wildman–Crippen LogP) is 5.75. The van der Waals surface area contributed by atoms with Gasteiger partial charge in [-0.15, -0.1) is 0 Å². The number of benzene rings is 3. The zero-order valence-electron chi connectivity index (χ0n) is 12.9. The zero-order chi connectivity index (χ0) is 16.5. The number of ketones is 1. The Hall–Kier alpha value is -2.64. The van der Waals surface area contributed by atoms with E-state index in [0.717, 1.165) is 27.8 Å². The molecule has 24 heavy (non-hydrogen) atoms. The first-order valence-electron chi connectivity index (χ1n) is 7.90. The molecule has 4 rings (SSSR count). The van der Waals surface area contributed by atoms with E-state index < -0.39 is 0 Å². The lowest BCUT2D eigenvalue weighted by Gasteiger charge is -2.13. The largest absolute Gasteiger partial charge is 0.289 e. The van der Waals surface area contributed by atoms with Crippen molar-refractivity contribution in [3.8, 4) is 0 Å². The van der Waals surface area contributed by atoms with Crippen molar-refractivity contribution in [2.24, 2.45) is 0 Å². The summed E-state index contributed by atoms with van der Waals surface area (Å²) in [5.41, 5.74) is 4.80. The number of halogens is 1. The van der Waals surface area contributed by atoms with Gasteiger partial charge in [-0.2, -0.15) is 0 Å². The van der Waals surface area contributed by atoms with Crippen LogP contribution in [0.25, 0.3) is 6.08 Å². The zero-order valence-corrected chi connectivity index (χ0v) is 13.7. The van der Waals surface area contributed by atoms with Crippen LogP contribution < -0.4 is 0 Å². The topological polar surface area (TPSA) is 17.1 Å². The molecule has 0 amide bonds. The smallest absolute Gasteiger partial charge is 0.190 e. The SMILES string of the molecule is O=C1/C(=C\c2ccc(Cl)cc2)[C@@H](c2ccccc2)c2ccccc21. The van der Waals surface area contributed by atoms with Crippen LogP contribution in [0.4, 0.5) is 0 Å². The van der Waals surface area contributed by atoms with E-state index in [4.69, 9.17) is 11.6 Å². The van der Waals surface area contributed by atoms with Gasteiger partial charge in [-0.05, 0) is 34.9 Å². The number of fused-ring (bicyclic) bond motifs is 1. The number of allylic oxidation sites excluding steroid dienone is 1. The number of carbonyl (C=O) groups is 1. The Bertz CT molecular complexity index is 924. The summed E-state index contributed by atoms with van der Waals surface area (Å²) in [7, 11) is 0. The molecular formula is C22H15ClO. The highest BCUT2D eigenvalue weighted by molar-refractivity contribution is 6.30. The standard InChI is InChI=1S/C22H15ClO/c23-17-12-10-15(11-13-17)14-20-21(16-6-2-1-3-7-16)18-8-4-5-9-19(18)22(20)24/h1-14,21H/b20-14-/t21-/m0/s1. The highest BCUT2D eigenvalue weighted by Crippen LogP contribution is 2.42. The van der Waals surface area contributed by atoms with Crippen molar-refractivity contribution in [1.29, 1.82) is 0 Å². The van der Waals surface area contributed by atoms with E-state index in [1.807, 2.05) is 72.8 Å². The van der Waals surface area contributed by atoms with Crippen molar-refractivity contribution in [3.05, 3.63) is 112 Å². The summed E-state index contributed by atoms with van der Waals surface area (Å²) in [5.74, 6) is 0.0833. The van der Waals surface area contributed by atoms with Gasteiger partial charge < -0.3 is 0 Å². The van der Waals surface area contributed by atoms with E-state index >= 15 is 0 Å². The Morgan fingerprint density at radius 2 is 1.46 bits per heavy atom. The molecule has 0 bridgehead atoms. The van der Waals surface area contributed by atoms with Gasteiger partial charge in [-0.25, -0.2) is 0 Å². The van der Waals surface area contributed by atoms with Gasteiger partial charge in [-0.3, -0.25) is 4.79 Å². The van der Waals surface area contributed by atoms with E-state index in [9.17, 15) is 4.79 Å². The molecule has 0 spiro atoms. The quantitative estimate of drug-likeness (QED) is 0.546. The fourth-order valence-electron chi connectivity index (χ4n) is 3.30. The third-order valence-electron chi connectivity index (χ3n) is 4.41. The molecule has 116 valence electrons. The van der Waals surface area contributed by atoms with E-state index in [1.165, 1.54) is 0 Å². The predicted molar refractivity (Wildman–Crippen MR) is 98.5 cm³/mol. The summed E-state index contributed by atoms with van der Waals surface area (Å²) < 4.78 is 0. The summed E-state index contributed by atoms with van der Waals surface area (Å²) in [6.07, 6.45) is 1.98. The van der Waals surface area contributed by atoms with Gasteiger partial charge in [-0.1, -0.05) is 78.3 Å². The summed E-state index contributed by atoms with van der Waals surface area (Å²) >= 11 is 5.97. The molecule has 0 aliphatic heterocycles. The van der Waals surface area contributed by atoms with Crippen molar-refractivity contribution in [2.45, 2.75) is 5.92 Å². The molecule has 0 aromatic heterocycles. The highest BCUT2D eigenvalue weighted by atomic mass is 35.5. The first-order valence-corrected chi connectivity index (χ1v) is 8.27. The van der Waals surface area contributed by atoms with Crippen LogP contribution >= 0.6 is 11.6 Å². The second kappa shape index (κ2) is 6.10. The van der Waals surface area contributed by atoms with Gasteiger partial charge in [0.05, 0.1) is 0 Å². The van der Waals surface area contributed by atoms with Crippen molar-refractivity contribution in [1.82, 2.24) is 0 Å². The molecule has 3 aromatic carbocycles. The lowest BCUT2D eigenvalue weighted by molar-refractivity contribution is 0.103. The Labute approximate surface area is 146 Å². The van der Waals surface area contributed by atoms with Crippen molar-refractivity contribution >= 4 is 23.5 Å². The monoisotopic (exact) mass is 330 g/mol. The maximum Gasteiger partial charge on any atom is 0.190 e. The molecule has 1 nitrogen and oxygen atoms in total. The average molecular weight is 331 g/mol. The summed E-state index contributed by atoms with van der Waals surface area (Å²) in [6, 6.07) is 25.6. The van der Waals surface area contributed by atoms with Crippen molar-refractivity contribution in [2.75, 3.05) is 0 Å². The summed E-state index contributed by atoms with van der Waals surface area (Å²) in [6.45, 7) is 0. The van der Waals surface area contributed by atoms with Crippen LogP contribution in [-0.4, -0.2) is 5.78 Å². The van der Waals surface area contributed by atoms with E-state index in [-0.39, 0.29) is 11.7 Å². The van der Waals surface area contributed by atoms with Crippen LogP contribution in [0.5, 0.6) is 0 Å². The third kappa shape index (κ3) is 2.57. The van der Waals surface area contributed by atoms with Gasteiger partial charge >= 0.3 is 0 Å². The van der Waals surface area contributed by atoms with Crippen LogP contribution in [0.1, 0.15) is 33.0 Å². The Balaban J connectivity index is 1.88. The van der Waals surface area contributed by atoms with Gasteiger partial charge in [0.15, 0.2) is 5.78 Å². The van der Waals surface area contributed by atoms with Crippen LogP contribution in [0, 0.1) is 0 Å². The number of hydrogen-bond donors (Lipinski definition) is 0. The third-order valence-corrected chi connectivity index (χ3v) is 4.67. The number of Topliss-reactive ketones (excluding diaryl/α,β-unsaturated/α-hetero) is 1. The number of rotatable bonds is 2. The van der Waals surface area contributed by atoms with E-state index in [0.29, 0.717) is 5.02 Å². The van der Waals surface area contributed by atoms with Gasteiger partial charge in [0.25, 0.3) is 0 Å². The minimum atomic E-state index is -0.0226. The van der Waals surface area contributed by atoms with Crippen molar-refractivity contribution in [3.63, 3.8) is 0 Å². The minimum Gasteiger partial charge on any atom is -0.289 e. The lowest BCUT2D eigenvalue weighted by Crippen LogP contribution is -2.02. The number of hydrogen-bond acceptors (Lipinski definition) is 1. The molecule has 1 aliphatic carbocycles. The van der Waals surface area contributed by atoms with Crippen LogP contribution in [0.3, 0.4) is 0 Å². The molecule has 3 aromatic rings. The Morgan fingerprint density at radius 3 is 2.21 bits per heavy atom. The van der Waals surface area contributed by atoms with Crippen LogP contribution in [0.15, 0.2) is 84.4 Å². The van der Waals surface area contributed by atoms with E-state index in [1.54, 1.807) is 0 Å². The molecule has 0 saturated heterocycles. The van der Waals surface area contributed by atoms with Gasteiger partial charge in [0, 0.05) is 22.1 Å². The fourth-order valence-corrected chi connectivity index (χ4v) is 3.43. The maximum atomic E-state index is 13.0. The molecule has 1 atom stereocenters. The Kier molecular flexibility index (Phi) is 3.79. The molecule has 2 heteroatoms. The molecule has 0 N–H and O–H groups in total. The normalized spacial score (nSPS) is 18.0. The first-order chi connectivity index (χ1) is 11.7. The molecule has 0 saturated carbocycles. The molecule has 0 heterocycles. The second-order valence-electron chi connectivity index (χ2n) is 5.91. The minimum absolute atomic E-state index is 0.0226. The molecular weight excluding hydrogens is 316 g/mol. The highest BCUT2D eigenvalue weighted by Gasteiger charge is 2.35. The lowest BCUT2D eigenvalue weighted by atomic mass is 9.89. The summed E-state index contributed by atoms with van der Waals surface area (Å²) in [4.78, 5) is 13.0.